The first-order valence-corrected chi connectivity index (χ1v) is 14.6. The summed E-state index contributed by atoms with van der Waals surface area (Å²) < 4.78 is 13.2. The molecule has 1 fully saturated rings. The standard InChI is InChI=1S/C33H31N3O4S/c1-3-40-32(38)28-29(24-7-5-4-6-8-24)34-33-36(30(28)25-13-9-22(2)10-14-25)31(37)27(41-33)21-23-11-15-26(16-12-23)35-17-19-39-20-18-35/h4-16,21,30H,3,17-20H2,1-2H3. The van der Waals surface area contributed by atoms with Crippen molar-refractivity contribution in [3.05, 3.63) is 126 Å². The van der Waals surface area contributed by atoms with E-state index in [0.717, 1.165) is 54.2 Å². The third-order valence-corrected chi connectivity index (χ3v) is 8.32. The van der Waals surface area contributed by atoms with Crippen molar-refractivity contribution in [2.24, 2.45) is 4.99 Å². The molecule has 0 spiro atoms. The van der Waals surface area contributed by atoms with Gasteiger partial charge in [0.05, 0.1) is 41.7 Å². The van der Waals surface area contributed by atoms with Crippen molar-refractivity contribution in [1.82, 2.24) is 4.57 Å². The molecule has 7 nitrogen and oxygen atoms in total. The third kappa shape index (κ3) is 5.40. The summed E-state index contributed by atoms with van der Waals surface area (Å²) in [5.41, 5.74) is 5.46. The van der Waals surface area contributed by atoms with Crippen molar-refractivity contribution >= 4 is 34.8 Å². The van der Waals surface area contributed by atoms with Gasteiger partial charge in [0.1, 0.15) is 0 Å². The number of carbonyl (C=O) groups excluding carboxylic acids is 1. The normalized spacial score (nSPS) is 17.3. The lowest BCUT2D eigenvalue weighted by Gasteiger charge is -2.28. The van der Waals surface area contributed by atoms with E-state index in [0.29, 0.717) is 20.6 Å². The number of ether oxygens (including phenoxy) is 2. The van der Waals surface area contributed by atoms with Gasteiger partial charge in [-0.3, -0.25) is 9.36 Å². The van der Waals surface area contributed by atoms with Gasteiger partial charge in [-0.1, -0.05) is 83.6 Å². The molecule has 3 aromatic carbocycles. The topological polar surface area (TPSA) is 73.1 Å². The summed E-state index contributed by atoms with van der Waals surface area (Å²) in [4.78, 5) is 35.3. The van der Waals surface area contributed by atoms with Gasteiger partial charge in [0.2, 0.25) is 0 Å². The zero-order valence-corrected chi connectivity index (χ0v) is 23.9. The van der Waals surface area contributed by atoms with E-state index in [1.807, 2.05) is 79.7 Å². The van der Waals surface area contributed by atoms with Gasteiger partial charge in [-0.25, -0.2) is 9.79 Å². The Morgan fingerprint density at radius 2 is 1.73 bits per heavy atom. The molecule has 8 heteroatoms. The van der Waals surface area contributed by atoms with Crippen LogP contribution in [0, 0.1) is 6.92 Å². The molecule has 1 unspecified atom stereocenters. The summed E-state index contributed by atoms with van der Waals surface area (Å²) >= 11 is 1.33. The molecule has 2 aliphatic rings. The molecule has 0 saturated carbocycles. The van der Waals surface area contributed by atoms with Gasteiger partial charge in [-0.15, -0.1) is 0 Å². The largest absolute Gasteiger partial charge is 0.463 e. The Bertz CT molecular complexity index is 1770. The Morgan fingerprint density at radius 3 is 2.41 bits per heavy atom. The zero-order chi connectivity index (χ0) is 28.3. The second kappa shape index (κ2) is 11.7. The number of carbonyl (C=O) groups is 1. The van der Waals surface area contributed by atoms with Crippen LogP contribution < -0.4 is 19.8 Å². The number of thiazole rings is 1. The van der Waals surface area contributed by atoms with Crippen molar-refractivity contribution in [2.75, 3.05) is 37.8 Å². The minimum absolute atomic E-state index is 0.189. The van der Waals surface area contributed by atoms with Crippen molar-refractivity contribution in [3.8, 4) is 0 Å². The summed E-state index contributed by atoms with van der Waals surface area (Å²) in [5.74, 6) is -0.478. The SMILES string of the molecule is CCOC(=O)C1=C(c2ccccc2)N=c2sc(=Cc3ccc(N4CCOCC4)cc3)c(=O)n2C1c1ccc(C)cc1. The molecule has 6 rings (SSSR count). The van der Waals surface area contributed by atoms with Crippen molar-refractivity contribution in [2.45, 2.75) is 19.9 Å². The number of morpholine rings is 1. The Morgan fingerprint density at radius 1 is 1.02 bits per heavy atom. The molecular formula is C33H31N3O4S. The van der Waals surface area contributed by atoms with E-state index in [1.165, 1.54) is 11.3 Å². The molecule has 0 N–H and O–H groups in total. The predicted octanol–water partition coefficient (Wildman–Crippen LogP) is 4.08. The van der Waals surface area contributed by atoms with Crippen LogP contribution in [0.15, 0.2) is 94.2 Å². The van der Waals surface area contributed by atoms with Crippen LogP contribution in [0.1, 0.15) is 35.2 Å². The Balaban J connectivity index is 1.51. The van der Waals surface area contributed by atoms with Gasteiger partial charge in [0.25, 0.3) is 5.56 Å². The quantitative estimate of drug-likeness (QED) is 0.330. The van der Waals surface area contributed by atoms with Gasteiger partial charge >= 0.3 is 5.97 Å². The molecule has 208 valence electrons. The number of hydrogen-bond donors (Lipinski definition) is 0. The number of fused-ring (bicyclic) bond motifs is 1. The van der Waals surface area contributed by atoms with Crippen LogP contribution >= 0.6 is 11.3 Å². The van der Waals surface area contributed by atoms with Crippen LogP contribution in [-0.4, -0.2) is 43.4 Å². The molecule has 0 radical (unpaired) electrons. The summed E-state index contributed by atoms with van der Waals surface area (Å²) in [6, 6.07) is 25.1. The van der Waals surface area contributed by atoms with Gasteiger partial charge in [0, 0.05) is 24.3 Å². The van der Waals surface area contributed by atoms with Crippen LogP contribution in [0.5, 0.6) is 0 Å². The first-order chi connectivity index (χ1) is 20.0. The summed E-state index contributed by atoms with van der Waals surface area (Å²) in [5, 5.41) is 0. The lowest BCUT2D eigenvalue weighted by atomic mass is 9.92. The fourth-order valence-electron chi connectivity index (χ4n) is 5.26. The Hall–Kier alpha value is -4.27. The highest BCUT2D eigenvalue weighted by Crippen LogP contribution is 2.35. The molecule has 1 saturated heterocycles. The number of nitrogens with zero attached hydrogens (tertiary/aromatic N) is 3. The number of esters is 1. The van der Waals surface area contributed by atoms with E-state index in [-0.39, 0.29) is 12.2 Å². The van der Waals surface area contributed by atoms with E-state index in [4.69, 9.17) is 14.5 Å². The average molecular weight is 566 g/mol. The number of anilines is 1. The van der Waals surface area contributed by atoms with Crippen LogP contribution in [0.3, 0.4) is 0 Å². The zero-order valence-electron chi connectivity index (χ0n) is 23.1. The van der Waals surface area contributed by atoms with Crippen LogP contribution in [0.4, 0.5) is 5.69 Å². The summed E-state index contributed by atoms with van der Waals surface area (Å²) in [7, 11) is 0. The maximum atomic E-state index is 14.0. The van der Waals surface area contributed by atoms with Crippen LogP contribution in [-0.2, 0) is 14.3 Å². The molecule has 2 aliphatic heterocycles. The molecule has 0 bridgehead atoms. The third-order valence-electron chi connectivity index (χ3n) is 7.33. The van der Waals surface area contributed by atoms with E-state index in [1.54, 1.807) is 11.5 Å². The number of aryl methyl sites for hydroxylation is 1. The Labute approximate surface area is 242 Å². The Kier molecular flexibility index (Phi) is 7.67. The minimum Gasteiger partial charge on any atom is -0.463 e. The molecule has 1 atom stereocenters. The van der Waals surface area contributed by atoms with Crippen molar-refractivity contribution < 1.29 is 14.3 Å². The van der Waals surface area contributed by atoms with Gasteiger partial charge < -0.3 is 14.4 Å². The number of benzene rings is 3. The molecule has 0 amide bonds. The monoisotopic (exact) mass is 565 g/mol. The lowest BCUT2D eigenvalue weighted by Crippen LogP contribution is -2.40. The van der Waals surface area contributed by atoms with Crippen molar-refractivity contribution in [3.63, 3.8) is 0 Å². The highest BCUT2D eigenvalue weighted by atomic mass is 32.1. The minimum atomic E-state index is -0.674. The summed E-state index contributed by atoms with van der Waals surface area (Å²) in [6.45, 7) is 7.19. The molecule has 4 aromatic rings. The van der Waals surface area contributed by atoms with E-state index in [9.17, 15) is 9.59 Å². The molecule has 41 heavy (non-hydrogen) atoms. The van der Waals surface area contributed by atoms with Gasteiger partial charge in [0.15, 0.2) is 4.80 Å². The maximum Gasteiger partial charge on any atom is 0.338 e. The smallest absolute Gasteiger partial charge is 0.338 e. The second-order valence-corrected chi connectivity index (χ2v) is 11.0. The first-order valence-electron chi connectivity index (χ1n) is 13.8. The second-order valence-electron chi connectivity index (χ2n) is 10.0. The van der Waals surface area contributed by atoms with E-state index < -0.39 is 12.0 Å². The first kappa shape index (κ1) is 26.9. The number of aromatic nitrogens is 1. The molecule has 3 heterocycles. The maximum absolute atomic E-state index is 14.0. The highest BCUT2D eigenvalue weighted by molar-refractivity contribution is 7.07. The predicted molar refractivity (Wildman–Crippen MR) is 162 cm³/mol. The van der Waals surface area contributed by atoms with E-state index in [2.05, 4.69) is 17.0 Å². The number of rotatable bonds is 6. The lowest BCUT2D eigenvalue weighted by molar-refractivity contribution is -0.138. The molecule has 0 aliphatic carbocycles. The van der Waals surface area contributed by atoms with Gasteiger partial charge in [-0.2, -0.15) is 0 Å². The fourth-order valence-corrected chi connectivity index (χ4v) is 6.26. The number of hydrogen-bond acceptors (Lipinski definition) is 7. The highest BCUT2D eigenvalue weighted by Gasteiger charge is 2.35. The van der Waals surface area contributed by atoms with E-state index >= 15 is 0 Å². The summed E-state index contributed by atoms with van der Waals surface area (Å²) in [6.07, 6.45) is 1.90. The van der Waals surface area contributed by atoms with Crippen molar-refractivity contribution in [1.29, 1.82) is 0 Å². The van der Waals surface area contributed by atoms with Crippen LogP contribution in [0.25, 0.3) is 11.8 Å². The van der Waals surface area contributed by atoms with Gasteiger partial charge in [-0.05, 0) is 43.2 Å². The molecule has 1 aromatic heterocycles. The molecular weight excluding hydrogens is 534 g/mol. The average Bonchev–Trinajstić information content (AvgIpc) is 3.32. The fraction of sp³-hybridized carbons (Fsp3) is 0.242. The van der Waals surface area contributed by atoms with Crippen LogP contribution in [0.2, 0.25) is 0 Å².